The van der Waals surface area contributed by atoms with E-state index in [1.54, 1.807) is 6.07 Å². The van der Waals surface area contributed by atoms with E-state index in [-0.39, 0.29) is 17.0 Å². The molecule has 3 rings (SSSR count). The molecule has 4 heteroatoms. The Labute approximate surface area is 123 Å². The van der Waals surface area contributed by atoms with Gasteiger partial charge in [-0.05, 0) is 42.7 Å². The minimum absolute atomic E-state index is 0.0910. The molecule has 0 radical (unpaired) electrons. The molecule has 1 aromatic rings. The van der Waals surface area contributed by atoms with Crippen molar-refractivity contribution in [2.45, 2.75) is 32.1 Å². The zero-order valence-corrected chi connectivity index (χ0v) is 12.0. The van der Waals surface area contributed by atoms with E-state index in [2.05, 4.69) is 0 Å². The van der Waals surface area contributed by atoms with Crippen molar-refractivity contribution in [2.24, 2.45) is 17.8 Å². The highest BCUT2D eigenvalue weighted by atomic mass is 35.5. The summed E-state index contributed by atoms with van der Waals surface area (Å²) >= 11 is 5.90. The highest BCUT2D eigenvalue weighted by Crippen LogP contribution is 2.51. The summed E-state index contributed by atoms with van der Waals surface area (Å²) in [6.45, 7) is 0.478. The molecule has 1 aromatic carbocycles. The first kappa shape index (κ1) is 13.9. The molecule has 0 spiro atoms. The fraction of sp³-hybridized carbons (Fsp3) is 0.562. The highest BCUT2D eigenvalue weighted by Gasteiger charge is 2.43. The molecule has 2 saturated carbocycles. The molecule has 2 nitrogen and oxygen atoms in total. The molecule has 0 heterocycles. The van der Waals surface area contributed by atoms with Gasteiger partial charge in [-0.3, -0.25) is 4.79 Å². The van der Waals surface area contributed by atoms with Crippen molar-refractivity contribution in [2.75, 3.05) is 6.61 Å². The first-order valence-electron chi connectivity index (χ1n) is 7.23. The second-order valence-corrected chi connectivity index (χ2v) is 6.32. The van der Waals surface area contributed by atoms with E-state index in [1.165, 1.54) is 37.8 Å². The predicted octanol–water partition coefficient (Wildman–Crippen LogP) is 4.00. The molecular weight excluding hydrogens is 279 g/mol. The van der Waals surface area contributed by atoms with Gasteiger partial charge in [-0.1, -0.05) is 30.5 Å². The van der Waals surface area contributed by atoms with Crippen LogP contribution in [0.4, 0.5) is 4.39 Å². The minimum Gasteiger partial charge on any atom is -0.465 e. The highest BCUT2D eigenvalue weighted by molar-refractivity contribution is 6.31. The Morgan fingerprint density at radius 1 is 1.40 bits per heavy atom. The number of halogens is 2. The molecular formula is C16H18ClFO2. The number of hydrogen-bond donors (Lipinski definition) is 0. The zero-order chi connectivity index (χ0) is 14.1. The summed E-state index contributed by atoms with van der Waals surface area (Å²) < 4.78 is 18.9. The molecule has 3 unspecified atom stereocenters. The smallest absolute Gasteiger partial charge is 0.310 e. The van der Waals surface area contributed by atoms with Gasteiger partial charge in [-0.2, -0.15) is 0 Å². The number of benzene rings is 1. The van der Waals surface area contributed by atoms with Gasteiger partial charge in [0.05, 0.1) is 13.0 Å². The SMILES string of the molecule is O=C(Cc1c(F)cccc1Cl)OCC1CC2CCCC21. The lowest BCUT2D eigenvalue weighted by Crippen LogP contribution is -2.36. The van der Waals surface area contributed by atoms with Crippen molar-refractivity contribution in [1.29, 1.82) is 0 Å². The fourth-order valence-corrected chi connectivity index (χ4v) is 3.86. The van der Waals surface area contributed by atoms with Crippen molar-refractivity contribution < 1.29 is 13.9 Å². The first-order valence-corrected chi connectivity index (χ1v) is 7.61. The zero-order valence-electron chi connectivity index (χ0n) is 11.3. The number of ether oxygens (including phenoxy) is 1. The van der Waals surface area contributed by atoms with Gasteiger partial charge in [0.2, 0.25) is 0 Å². The largest absolute Gasteiger partial charge is 0.465 e. The van der Waals surface area contributed by atoms with E-state index in [1.807, 2.05) is 0 Å². The molecule has 108 valence electrons. The summed E-state index contributed by atoms with van der Waals surface area (Å²) in [6, 6.07) is 4.42. The van der Waals surface area contributed by atoms with Gasteiger partial charge in [0.25, 0.3) is 0 Å². The van der Waals surface area contributed by atoms with Crippen LogP contribution < -0.4 is 0 Å². The van der Waals surface area contributed by atoms with Crippen LogP contribution in [0.5, 0.6) is 0 Å². The van der Waals surface area contributed by atoms with Crippen molar-refractivity contribution in [3.63, 3.8) is 0 Å². The van der Waals surface area contributed by atoms with Crippen LogP contribution in [-0.4, -0.2) is 12.6 Å². The monoisotopic (exact) mass is 296 g/mol. The molecule has 20 heavy (non-hydrogen) atoms. The predicted molar refractivity (Wildman–Crippen MR) is 75.0 cm³/mol. The van der Waals surface area contributed by atoms with Crippen molar-refractivity contribution in [3.8, 4) is 0 Å². The normalized spacial score (nSPS) is 27.8. The lowest BCUT2D eigenvalue weighted by atomic mass is 9.67. The van der Waals surface area contributed by atoms with E-state index >= 15 is 0 Å². The van der Waals surface area contributed by atoms with E-state index in [0.717, 1.165) is 11.8 Å². The number of carbonyl (C=O) groups is 1. The lowest BCUT2D eigenvalue weighted by molar-refractivity contribution is -0.147. The summed E-state index contributed by atoms with van der Waals surface area (Å²) in [5.74, 6) is 1.29. The first-order chi connectivity index (χ1) is 9.65. The topological polar surface area (TPSA) is 26.3 Å². The van der Waals surface area contributed by atoms with Crippen LogP contribution in [0.15, 0.2) is 18.2 Å². The second-order valence-electron chi connectivity index (χ2n) is 5.91. The maximum Gasteiger partial charge on any atom is 0.310 e. The molecule has 0 bridgehead atoms. The van der Waals surface area contributed by atoms with Gasteiger partial charge in [-0.25, -0.2) is 4.39 Å². The fourth-order valence-electron chi connectivity index (χ4n) is 3.63. The van der Waals surface area contributed by atoms with E-state index in [4.69, 9.17) is 16.3 Å². The molecule has 2 aliphatic rings. The Morgan fingerprint density at radius 3 is 3.00 bits per heavy atom. The average Bonchev–Trinajstić information content (AvgIpc) is 2.76. The minimum atomic E-state index is -0.450. The van der Waals surface area contributed by atoms with Gasteiger partial charge in [0, 0.05) is 10.6 Å². The molecule has 0 aliphatic heterocycles. The number of fused-ring (bicyclic) bond motifs is 1. The van der Waals surface area contributed by atoms with E-state index in [9.17, 15) is 9.18 Å². The van der Waals surface area contributed by atoms with Crippen molar-refractivity contribution in [1.82, 2.24) is 0 Å². The van der Waals surface area contributed by atoms with Crippen LogP contribution in [0.1, 0.15) is 31.2 Å². The summed E-state index contributed by atoms with van der Waals surface area (Å²) in [5, 5.41) is 0.279. The molecule has 0 aromatic heterocycles. The summed E-state index contributed by atoms with van der Waals surface area (Å²) in [6.07, 6.45) is 5.00. The number of carbonyl (C=O) groups excluding carboxylic acids is 1. The molecule has 0 saturated heterocycles. The third kappa shape index (κ3) is 2.69. The second kappa shape index (κ2) is 5.72. The quantitative estimate of drug-likeness (QED) is 0.785. The van der Waals surface area contributed by atoms with E-state index < -0.39 is 11.8 Å². The van der Waals surface area contributed by atoms with Crippen molar-refractivity contribution >= 4 is 17.6 Å². The standard InChI is InChI=1S/C16H18ClFO2/c17-14-5-2-6-15(18)13(14)8-16(19)20-9-11-7-10-3-1-4-12(10)11/h2,5-6,10-12H,1,3-4,7-9H2. The lowest BCUT2D eigenvalue weighted by Gasteiger charge is -2.40. The Morgan fingerprint density at radius 2 is 2.25 bits per heavy atom. The average molecular weight is 297 g/mol. The summed E-state index contributed by atoms with van der Waals surface area (Å²) in [7, 11) is 0. The Hall–Kier alpha value is -1.09. The van der Waals surface area contributed by atoms with Crippen molar-refractivity contribution in [3.05, 3.63) is 34.6 Å². The summed E-state index contributed by atoms with van der Waals surface area (Å²) in [4.78, 5) is 11.8. The third-order valence-corrected chi connectivity index (χ3v) is 5.12. The van der Waals surface area contributed by atoms with Crippen LogP contribution in [0.2, 0.25) is 5.02 Å². The van der Waals surface area contributed by atoms with Gasteiger partial charge in [0.1, 0.15) is 5.82 Å². The van der Waals surface area contributed by atoms with Crippen LogP contribution in [0, 0.1) is 23.6 Å². The Bertz CT molecular complexity index is 497. The maximum absolute atomic E-state index is 13.6. The molecule has 2 fully saturated rings. The van der Waals surface area contributed by atoms with E-state index in [0.29, 0.717) is 12.5 Å². The number of esters is 1. The third-order valence-electron chi connectivity index (χ3n) is 4.77. The van der Waals surface area contributed by atoms with Crippen LogP contribution in [-0.2, 0) is 16.0 Å². The number of rotatable bonds is 4. The van der Waals surface area contributed by atoms with Crippen LogP contribution in [0.25, 0.3) is 0 Å². The maximum atomic E-state index is 13.6. The van der Waals surface area contributed by atoms with Crippen LogP contribution in [0.3, 0.4) is 0 Å². The Kier molecular flexibility index (Phi) is 3.97. The van der Waals surface area contributed by atoms with Gasteiger partial charge >= 0.3 is 5.97 Å². The molecule has 0 amide bonds. The molecule has 3 atom stereocenters. The molecule has 2 aliphatic carbocycles. The van der Waals surface area contributed by atoms with Gasteiger partial charge in [-0.15, -0.1) is 0 Å². The van der Waals surface area contributed by atoms with Crippen LogP contribution >= 0.6 is 11.6 Å². The summed E-state index contributed by atoms with van der Waals surface area (Å²) in [5.41, 5.74) is 0.228. The van der Waals surface area contributed by atoms with Gasteiger partial charge in [0.15, 0.2) is 0 Å². The molecule has 0 N–H and O–H groups in total. The van der Waals surface area contributed by atoms with Gasteiger partial charge < -0.3 is 4.74 Å². The Balaban J connectivity index is 1.50. The number of hydrogen-bond acceptors (Lipinski definition) is 2.